The van der Waals surface area contributed by atoms with Gasteiger partial charge in [0.25, 0.3) is 0 Å². The van der Waals surface area contributed by atoms with Crippen LogP contribution in [-0.4, -0.2) is 38.1 Å². The molecule has 1 atom stereocenters. The molecule has 2 heteroatoms. The van der Waals surface area contributed by atoms with E-state index in [9.17, 15) is 0 Å². The molecule has 0 spiro atoms. The topological polar surface area (TPSA) is 15.3 Å². The molecule has 1 saturated carbocycles. The monoisotopic (exact) mass is 196 g/mol. The largest absolute Gasteiger partial charge is 0.316 e. The lowest BCUT2D eigenvalue weighted by Gasteiger charge is -2.32. The van der Waals surface area contributed by atoms with Gasteiger partial charge in [-0.15, -0.1) is 0 Å². The molecule has 1 aliphatic carbocycles. The van der Waals surface area contributed by atoms with Crippen LogP contribution in [0.3, 0.4) is 0 Å². The molecule has 14 heavy (non-hydrogen) atoms. The number of nitrogens with one attached hydrogen (secondary N) is 1. The number of nitrogens with zero attached hydrogens (tertiary/aromatic N) is 1. The highest BCUT2D eigenvalue weighted by Crippen LogP contribution is 2.33. The van der Waals surface area contributed by atoms with Crippen LogP contribution in [0.4, 0.5) is 0 Å². The van der Waals surface area contributed by atoms with E-state index in [2.05, 4.69) is 24.2 Å². The van der Waals surface area contributed by atoms with Crippen molar-refractivity contribution in [1.29, 1.82) is 0 Å². The van der Waals surface area contributed by atoms with Crippen LogP contribution in [0.15, 0.2) is 0 Å². The zero-order valence-corrected chi connectivity index (χ0v) is 9.68. The first-order valence-electron chi connectivity index (χ1n) is 6.13. The highest BCUT2D eigenvalue weighted by atomic mass is 15.1. The zero-order valence-electron chi connectivity index (χ0n) is 9.68. The van der Waals surface area contributed by atoms with Crippen molar-refractivity contribution in [3.63, 3.8) is 0 Å². The summed E-state index contributed by atoms with van der Waals surface area (Å²) in [6.45, 7) is 7.44. The highest BCUT2D eigenvalue weighted by molar-refractivity contribution is 4.89. The summed E-state index contributed by atoms with van der Waals surface area (Å²) in [6.07, 6.45) is 5.65. The molecular formula is C12H24N2. The van der Waals surface area contributed by atoms with Gasteiger partial charge in [-0.1, -0.05) is 6.92 Å². The second-order valence-corrected chi connectivity index (χ2v) is 5.42. The van der Waals surface area contributed by atoms with E-state index < -0.39 is 0 Å². The van der Waals surface area contributed by atoms with Crippen LogP contribution in [0, 0.1) is 11.3 Å². The maximum absolute atomic E-state index is 3.51. The van der Waals surface area contributed by atoms with Crippen LogP contribution in [0.2, 0.25) is 0 Å². The van der Waals surface area contributed by atoms with Crippen molar-refractivity contribution in [2.75, 3.05) is 33.2 Å². The predicted molar refractivity (Wildman–Crippen MR) is 60.4 cm³/mol. The lowest BCUT2D eigenvalue weighted by Crippen LogP contribution is -2.37. The number of rotatable bonds is 5. The third-order valence-electron chi connectivity index (χ3n) is 3.95. The summed E-state index contributed by atoms with van der Waals surface area (Å²) in [5.74, 6) is 1.03. The molecule has 1 saturated heterocycles. The van der Waals surface area contributed by atoms with Gasteiger partial charge in [0.15, 0.2) is 0 Å². The van der Waals surface area contributed by atoms with Crippen LogP contribution in [-0.2, 0) is 0 Å². The molecule has 2 rings (SSSR count). The van der Waals surface area contributed by atoms with E-state index in [1.54, 1.807) is 0 Å². The van der Waals surface area contributed by atoms with Gasteiger partial charge in [-0.05, 0) is 50.6 Å². The van der Waals surface area contributed by atoms with Crippen molar-refractivity contribution in [3.8, 4) is 0 Å². The Morgan fingerprint density at radius 1 is 1.43 bits per heavy atom. The van der Waals surface area contributed by atoms with E-state index in [0.717, 1.165) is 5.92 Å². The highest BCUT2D eigenvalue weighted by Gasteiger charge is 2.34. The van der Waals surface area contributed by atoms with Gasteiger partial charge in [0.05, 0.1) is 0 Å². The molecule has 2 nitrogen and oxygen atoms in total. The number of hydrogen-bond donors (Lipinski definition) is 1. The fourth-order valence-electron chi connectivity index (χ4n) is 2.72. The molecule has 1 aliphatic heterocycles. The SMILES string of the molecule is CCC1(CN(C)CC2CC2)CCNC1. The quantitative estimate of drug-likeness (QED) is 0.720. The van der Waals surface area contributed by atoms with Gasteiger partial charge in [0, 0.05) is 19.6 Å². The normalized spacial score (nSPS) is 32.8. The fraction of sp³-hybridized carbons (Fsp3) is 1.00. The molecule has 0 aromatic heterocycles. The Bertz CT molecular complexity index is 181. The molecule has 1 N–H and O–H groups in total. The van der Waals surface area contributed by atoms with Gasteiger partial charge in [0.2, 0.25) is 0 Å². The summed E-state index contributed by atoms with van der Waals surface area (Å²) in [6, 6.07) is 0. The molecule has 0 bridgehead atoms. The first-order valence-corrected chi connectivity index (χ1v) is 6.13. The molecule has 0 aromatic rings. The summed E-state index contributed by atoms with van der Waals surface area (Å²) >= 11 is 0. The lowest BCUT2D eigenvalue weighted by molar-refractivity contribution is 0.180. The minimum absolute atomic E-state index is 0.587. The third kappa shape index (κ3) is 2.48. The van der Waals surface area contributed by atoms with Crippen molar-refractivity contribution in [3.05, 3.63) is 0 Å². The molecule has 2 fully saturated rings. The van der Waals surface area contributed by atoms with Gasteiger partial charge in [-0.2, -0.15) is 0 Å². The van der Waals surface area contributed by atoms with E-state index in [1.807, 2.05) is 0 Å². The van der Waals surface area contributed by atoms with Crippen molar-refractivity contribution < 1.29 is 0 Å². The smallest absolute Gasteiger partial charge is 0.00476 e. The second-order valence-electron chi connectivity index (χ2n) is 5.42. The van der Waals surface area contributed by atoms with Gasteiger partial charge >= 0.3 is 0 Å². The van der Waals surface area contributed by atoms with E-state index in [1.165, 1.54) is 51.9 Å². The fourth-order valence-corrected chi connectivity index (χ4v) is 2.72. The van der Waals surface area contributed by atoms with Gasteiger partial charge in [0.1, 0.15) is 0 Å². The lowest BCUT2D eigenvalue weighted by atomic mass is 9.84. The summed E-state index contributed by atoms with van der Waals surface area (Å²) in [4.78, 5) is 2.56. The molecule has 82 valence electrons. The third-order valence-corrected chi connectivity index (χ3v) is 3.95. The van der Waals surface area contributed by atoms with Crippen LogP contribution in [0.25, 0.3) is 0 Å². The summed E-state index contributed by atoms with van der Waals surface area (Å²) in [5, 5.41) is 3.51. The van der Waals surface area contributed by atoms with Crippen molar-refractivity contribution >= 4 is 0 Å². The Balaban J connectivity index is 1.79. The molecule has 0 amide bonds. The van der Waals surface area contributed by atoms with Gasteiger partial charge in [-0.25, -0.2) is 0 Å². The minimum atomic E-state index is 0.587. The van der Waals surface area contributed by atoms with Crippen molar-refractivity contribution in [2.45, 2.75) is 32.6 Å². The van der Waals surface area contributed by atoms with Crippen LogP contribution >= 0.6 is 0 Å². The van der Waals surface area contributed by atoms with E-state index in [0.29, 0.717) is 5.41 Å². The van der Waals surface area contributed by atoms with Crippen LogP contribution in [0.5, 0.6) is 0 Å². The maximum atomic E-state index is 3.51. The second kappa shape index (κ2) is 4.19. The van der Waals surface area contributed by atoms with Gasteiger partial charge < -0.3 is 10.2 Å². The zero-order chi connectivity index (χ0) is 10.0. The standard InChI is InChI=1S/C12H24N2/c1-3-12(6-7-13-9-12)10-14(2)8-11-4-5-11/h11,13H,3-10H2,1-2H3. The van der Waals surface area contributed by atoms with E-state index >= 15 is 0 Å². The van der Waals surface area contributed by atoms with Crippen molar-refractivity contribution in [2.24, 2.45) is 11.3 Å². The first kappa shape index (κ1) is 10.4. The van der Waals surface area contributed by atoms with Crippen molar-refractivity contribution in [1.82, 2.24) is 10.2 Å². The van der Waals surface area contributed by atoms with Crippen LogP contribution in [0.1, 0.15) is 32.6 Å². The van der Waals surface area contributed by atoms with E-state index in [-0.39, 0.29) is 0 Å². The van der Waals surface area contributed by atoms with E-state index in [4.69, 9.17) is 0 Å². The predicted octanol–water partition coefficient (Wildman–Crippen LogP) is 1.72. The molecule has 0 aromatic carbocycles. The Labute approximate surface area is 88.1 Å². The average Bonchev–Trinajstić information content (AvgIpc) is 2.83. The minimum Gasteiger partial charge on any atom is -0.316 e. The average molecular weight is 196 g/mol. The first-order chi connectivity index (χ1) is 6.74. The summed E-state index contributed by atoms with van der Waals surface area (Å²) in [5.41, 5.74) is 0.587. The Morgan fingerprint density at radius 3 is 2.71 bits per heavy atom. The molecule has 2 aliphatic rings. The molecule has 1 heterocycles. The molecular weight excluding hydrogens is 172 g/mol. The maximum Gasteiger partial charge on any atom is 0.00476 e. The summed E-state index contributed by atoms with van der Waals surface area (Å²) < 4.78 is 0. The molecule has 1 unspecified atom stereocenters. The number of hydrogen-bond acceptors (Lipinski definition) is 2. The summed E-state index contributed by atoms with van der Waals surface area (Å²) in [7, 11) is 2.30. The Hall–Kier alpha value is -0.0800. The molecule has 0 radical (unpaired) electrons. The van der Waals surface area contributed by atoms with Crippen LogP contribution < -0.4 is 5.32 Å². The Kier molecular flexibility index (Phi) is 3.13. The van der Waals surface area contributed by atoms with Gasteiger partial charge in [-0.3, -0.25) is 0 Å². The Morgan fingerprint density at radius 2 is 2.21 bits per heavy atom.